The van der Waals surface area contributed by atoms with Crippen LogP contribution < -0.4 is 5.73 Å². The van der Waals surface area contributed by atoms with Gasteiger partial charge in [-0.15, -0.1) is 0 Å². The van der Waals surface area contributed by atoms with Crippen LogP contribution in [0.1, 0.15) is 24.5 Å². The van der Waals surface area contributed by atoms with E-state index >= 15 is 0 Å². The maximum atomic E-state index is 13.1. The second-order valence-electron chi connectivity index (χ2n) is 4.87. The van der Waals surface area contributed by atoms with Crippen molar-refractivity contribution < 1.29 is 13.2 Å². The zero-order chi connectivity index (χ0) is 13.6. The van der Waals surface area contributed by atoms with Crippen LogP contribution in [0.25, 0.3) is 5.69 Å². The first-order valence-corrected chi connectivity index (χ1v) is 5.92. The van der Waals surface area contributed by atoms with Crippen molar-refractivity contribution in [2.24, 2.45) is 0 Å². The molecule has 0 atom stereocenters. The molecule has 1 aromatic heterocycles. The van der Waals surface area contributed by atoms with Crippen molar-refractivity contribution in [3.8, 4) is 5.69 Å². The standard InChI is InChI=1S/C13H12F3N3/c14-10-2-1-9(3-11(10)17)19-6-12(18-7-19)8-4-13(15,16)5-8/h1-3,6-8H,4-5,17H2. The van der Waals surface area contributed by atoms with E-state index in [9.17, 15) is 13.2 Å². The zero-order valence-corrected chi connectivity index (χ0v) is 9.98. The molecule has 1 heterocycles. The predicted octanol–water partition coefficient (Wildman–Crippen LogP) is 3.11. The predicted molar refractivity (Wildman–Crippen MR) is 64.9 cm³/mol. The Kier molecular flexibility index (Phi) is 2.55. The van der Waals surface area contributed by atoms with Crippen LogP contribution in [0.4, 0.5) is 18.9 Å². The van der Waals surface area contributed by atoms with Gasteiger partial charge in [-0.25, -0.2) is 18.2 Å². The lowest BCUT2D eigenvalue weighted by Gasteiger charge is -2.33. The number of hydrogen-bond acceptors (Lipinski definition) is 2. The molecule has 1 saturated carbocycles. The smallest absolute Gasteiger partial charge is 0.249 e. The van der Waals surface area contributed by atoms with Crippen molar-refractivity contribution in [2.45, 2.75) is 24.7 Å². The first-order valence-electron chi connectivity index (χ1n) is 5.92. The highest BCUT2D eigenvalue weighted by atomic mass is 19.3. The fraction of sp³-hybridized carbons (Fsp3) is 0.308. The summed E-state index contributed by atoms with van der Waals surface area (Å²) in [6.07, 6.45) is 2.90. The van der Waals surface area contributed by atoms with Gasteiger partial charge in [0.25, 0.3) is 0 Å². The highest BCUT2D eigenvalue weighted by molar-refractivity contribution is 5.49. The van der Waals surface area contributed by atoms with Crippen molar-refractivity contribution in [3.05, 3.63) is 42.2 Å². The number of imidazole rings is 1. The third-order valence-electron chi connectivity index (χ3n) is 3.39. The number of anilines is 1. The Labute approximate surface area is 107 Å². The average molecular weight is 267 g/mol. The Bertz CT molecular complexity index is 613. The number of nitrogen functional groups attached to an aromatic ring is 1. The van der Waals surface area contributed by atoms with E-state index in [2.05, 4.69) is 4.98 Å². The molecule has 3 nitrogen and oxygen atoms in total. The number of halogens is 3. The molecular weight excluding hydrogens is 255 g/mol. The highest BCUT2D eigenvalue weighted by Gasteiger charge is 2.46. The first kappa shape index (κ1) is 12.1. The van der Waals surface area contributed by atoms with Gasteiger partial charge in [0.1, 0.15) is 5.82 Å². The van der Waals surface area contributed by atoms with Crippen LogP contribution in [0, 0.1) is 5.82 Å². The molecule has 1 aliphatic carbocycles. The van der Waals surface area contributed by atoms with Crippen LogP contribution in [0.15, 0.2) is 30.7 Å². The quantitative estimate of drug-likeness (QED) is 0.850. The minimum absolute atomic E-state index is 0.0444. The molecule has 1 aliphatic rings. The fourth-order valence-electron chi connectivity index (χ4n) is 2.25. The van der Waals surface area contributed by atoms with E-state index in [1.165, 1.54) is 18.5 Å². The number of rotatable bonds is 2. The zero-order valence-electron chi connectivity index (χ0n) is 9.98. The van der Waals surface area contributed by atoms with Gasteiger partial charge in [0.05, 0.1) is 17.7 Å². The molecule has 6 heteroatoms. The third kappa shape index (κ3) is 2.18. The molecule has 2 N–H and O–H groups in total. The van der Waals surface area contributed by atoms with Gasteiger partial charge in [-0.2, -0.15) is 0 Å². The van der Waals surface area contributed by atoms with Gasteiger partial charge in [-0.05, 0) is 18.2 Å². The van der Waals surface area contributed by atoms with Crippen molar-refractivity contribution in [3.63, 3.8) is 0 Å². The summed E-state index contributed by atoms with van der Waals surface area (Å²) in [5.74, 6) is -3.24. The summed E-state index contributed by atoms with van der Waals surface area (Å²) < 4.78 is 40.3. The van der Waals surface area contributed by atoms with E-state index in [1.54, 1.807) is 16.8 Å². The Morgan fingerprint density at radius 3 is 2.68 bits per heavy atom. The molecule has 3 rings (SSSR count). The molecule has 0 unspecified atom stereocenters. The second-order valence-corrected chi connectivity index (χ2v) is 4.87. The van der Waals surface area contributed by atoms with E-state index in [1.807, 2.05) is 0 Å². The molecule has 2 aromatic rings. The summed E-state index contributed by atoms with van der Waals surface area (Å²) in [6.45, 7) is 0. The SMILES string of the molecule is Nc1cc(-n2cnc(C3CC(F)(F)C3)c2)ccc1F. The fourth-order valence-corrected chi connectivity index (χ4v) is 2.25. The maximum Gasteiger partial charge on any atom is 0.249 e. The molecule has 0 saturated heterocycles. The number of hydrogen-bond donors (Lipinski definition) is 1. The topological polar surface area (TPSA) is 43.8 Å². The van der Waals surface area contributed by atoms with Crippen molar-refractivity contribution in [2.75, 3.05) is 5.73 Å². The van der Waals surface area contributed by atoms with Crippen LogP contribution in [-0.4, -0.2) is 15.5 Å². The Morgan fingerprint density at radius 2 is 2.05 bits per heavy atom. The summed E-state index contributed by atoms with van der Waals surface area (Å²) in [7, 11) is 0. The number of nitrogens with two attached hydrogens (primary N) is 1. The molecule has 19 heavy (non-hydrogen) atoms. The van der Waals surface area contributed by atoms with E-state index in [0.717, 1.165) is 0 Å². The van der Waals surface area contributed by atoms with Gasteiger partial charge >= 0.3 is 0 Å². The molecule has 0 spiro atoms. The molecule has 100 valence electrons. The van der Waals surface area contributed by atoms with E-state index in [0.29, 0.717) is 11.4 Å². The minimum atomic E-state index is -2.56. The van der Waals surface area contributed by atoms with Gasteiger partial charge in [-0.1, -0.05) is 0 Å². The normalized spacial score (nSPS) is 18.3. The number of benzene rings is 1. The molecular formula is C13H12F3N3. The maximum absolute atomic E-state index is 13.1. The van der Waals surface area contributed by atoms with Crippen molar-refractivity contribution >= 4 is 5.69 Å². The summed E-state index contributed by atoms with van der Waals surface area (Å²) >= 11 is 0. The highest BCUT2D eigenvalue weighted by Crippen LogP contribution is 2.47. The van der Waals surface area contributed by atoms with Gasteiger partial charge < -0.3 is 10.3 Å². The summed E-state index contributed by atoms with van der Waals surface area (Å²) in [5.41, 5.74) is 6.82. The van der Waals surface area contributed by atoms with Crippen LogP contribution in [0.5, 0.6) is 0 Å². The molecule has 0 amide bonds. The average Bonchev–Trinajstić information content (AvgIpc) is 2.78. The molecule has 0 radical (unpaired) electrons. The van der Waals surface area contributed by atoms with Crippen LogP contribution in [0.2, 0.25) is 0 Å². The molecule has 1 fully saturated rings. The molecule has 0 bridgehead atoms. The first-order chi connectivity index (χ1) is 8.94. The second kappa shape index (κ2) is 4.01. The van der Waals surface area contributed by atoms with Crippen LogP contribution in [0.3, 0.4) is 0 Å². The summed E-state index contributed by atoms with van der Waals surface area (Å²) in [4.78, 5) is 4.13. The summed E-state index contributed by atoms with van der Waals surface area (Å²) in [5, 5.41) is 0. The van der Waals surface area contributed by atoms with Gasteiger partial charge in [0, 0.05) is 30.6 Å². The van der Waals surface area contributed by atoms with E-state index < -0.39 is 11.7 Å². The Morgan fingerprint density at radius 1 is 1.32 bits per heavy atom. The Hall–Kier alpha value is -1.98. The lowest BCUT2D eigenvalue weighted by Crippen LogP contribution is -2.33. The Balaban J connectivity index is 1.83. The van der Waals surface area contributed by atoms with E-state index in [4.69, 9.17) is 5.73 Å². The van der Waals surface area contributed by atoms with Crippen LogP contribution in [-0.2, 0) is 0 Å². The lowest BCUT2D eigenvalue weighted by atomic mass is 9.79. The summed E-state index contributed by atoms with van der Waals surface area (Å²) in [6, 6.07) is 4.31. The molecule has 1 aromatic carbocycles. The molecule has 0 aliphatic heterocycles. The van der Waals surface area contributed by atoms with Crippen molar-refractivity contribution in [1.82, 2.24) is 9.55 Å². The van der Waals surface area contributed by atoms with Gasteiger partial charge in [-0.3, -0.25) is 0 Å². The lowest BCUT2D eigenvalue weighted by molar-refractivity contribution is -0.0875. The van der Waals surface area contributed by atoms with Crippen LogP contribution >= 0.6 is 0 Å². The van der Waals surface area contributed by atoms with E-state index in [-0.39, 0.29) is 24.4 Å². The third-order valence-corrected chi connectivity index (χ3v) is 3.39. The largest absolute Gasteiger partial charge is 0.396 e. The van der Waals surface area contributed by atoms with Crippen molar-refractivity contribution in [1.29, 1.82) is 0 Å². The van der Waals surface area contributed by atoms with Gasteiger partial charge in [0.15, 0.2) is 0 Å². The number of aromatic nitrogens is 2. The number of nitrogens with zero attached hydrogens (tertiary/aromatic N) is 2. The van der Waals surface area contributed by atoms with Gasteiger partial charge in [0.2, 0.25) is 5.92 Å². The number of alkyl halides is 2. The minimum Gasteiger partial charge on any atom is -0.396 e. The monoisotopic (exact) mass is 267 g/mol.